The van der Waals surface area contributed by atoms with Crippen molar-refractivity contribution in [1.29, 1.82) is 0 Å². The number of H-pyrrole nitrogens is 1. The first-order valence-electron chi connectivity index (χ1n) is 8.37. The normalized spacial score (nSPS) is 19.4. The summed E-state index contributed by atoms with van der Waals surface area (Å²) in [6, 6.07) is 3.88. The van der Waals surface area contributed by atoms with Crippen LogP contribution in [0.3, 0.4) is 0 Å². The van der Waals surface area contributed by atoms with Gasteiger partial charge in [0, 0.05) is 38.6 Å². The van der Waals surface area contributed by atoms with Gasteiger partial charge in [-0.15, -0.1) is 0 Å². The molecule has 0 amide bonds. The number of aryl methyl sites for hydroxylation is 1. The van der Waals surface area contributed by atoms with E-state index in [4.69, 9.17) is 0 Å². The van der Waals surface area contributed by atoms with E-state index in [1.54, 1.807) is 24.7 Å². The number of aromatic amines is 1. The van der Waals surface area contributed by atoms with Crippen molar-refractivity contribution in [2.45, 2.75) is 26.2 Å². The number of hydrogen-bond donors (Lipinski definition) is 1. The maximum absolute atomic E-state index is 12.3. The third-order valence-corrected chi connectivity index (χ3v) is 6.37. The van der Waals surface area contributed by atoms with Gasteiger partial charge >= 0.3 is 0 Å². The molecule has 1 fully saturated rings. The van der Waals surface area contributed by atoms with Gasteiger partial charge in [-0.1, -0.05) is 0 Å². The Morgan fingerprint density at radius 1 is 1.28 bits per heavy atom. The lowest BCUT2D eigenvalue weighted by Crippen LogP contribution is -2.45. The van der Waals surface area contributed by atoms with Gasteiger partial charge < -0.3 is 0 Å². The highest BCUT2D eigenvalue weighted by Gasteiger charge is 2.30. The first-order valence-corrected chi connectivity index (χ1v) is 9.77. The zero-order chi connectivity index (χ0) is 18.0. The van der Waals surface area contributed by atoms with Gasteiger partial charge in [0.1, 0.15) is 12.0 Å². The molecule has 2 aromatic rings. The summed E-state index contributed by atoms with van der Waals surface area (Å²) in [6.45, 7) is 3.06. The second-order valence-electron chi connectivity index (χ2n) is 6.69. The molecule has 136 valence electrons. The van der Waals surface area contributed by atoms with E-state index in [1.165, 1.54) is 4.31 Å². The predicted octanol–water partition coefficient (Wildman–Crippen LogP) is 1.24. The Balaban J connectivity index is 1.72. The summed E-state index contributed by atoms with van der Waals surface area (Å²) in [5.41, 5.74) is 3.47. The van der Waals surface area contributed by atoms with Crippen molar-refractivity contribution in [3.8, 4) is 11.4 Å². The van der Waals surface area contributed by atoms with Crippen LogP contribution in [0.2, 0.25) is 0 Å². The van der Waals surface area contributed by atoms with Gasteiger partial charge in [0.2, 0.25) is 0 Å². The van der Waals surface area contributed by atoms with E-state index < -0.39 is 10.2 Å². The number of aromatic nitrogens is 4. The van der Waals surface area contributed by atoms with Crippen molar-refractivity contribution in [1.82, 2.24) is 28.8 Å². The molecule has 9 heteroatoms. The largest absolute Gasteiger partial charge is 0.282 e. The van der Waals surface area contributed by atoms with E-state index in [9.17, 15) is 8.42 Å². The molecule has 2 aromatic heterocycles. The fraction of sp³-hybridized carbons (Fsp3) is 0.562. The lowest BCUT2D eigenvalue weighted by molar-refractivity contribution is 0.253. The molecule has 0 saturated carbocycles. The molecule has 3 heterocycles. The van der Waals surface area contributed by atoms with E-state index in [0.29, 0.717) is 13.1 Å². The van der Waals surface area contributed by atoms with E-state index in [0.717, 1.165) is 42.0 Å². The maximum Gasteiger partial charge on any atom is 0.281 e. The van der Waals surface area contributed by atoms with Crippen molar-refractivity contribution in [2.75, 3.05) is 27.2 Å². The average molecular weight is 364 g/mol. The Morgan fingerprint density at radius 2 is 2.08 bits per heavy atom. The molecule has 1 atom stereocenters. The van der Waals surface area contributed by atoms with Gasteiger partial charge in [-0.25, -0.2) is 9.97 Å². The number of nitrogens with one attached hydrogen (secondary N) is 1. The highest BCUT2D eigenvalue weighted by atomic mass is 32.2. The maximum atomic E-state index is 12.3. The molecule has 1 unspecified atom stereocenters. The Hall–Kier alpha value is -1.84. The Kier molecular flexibility index (Phi) is 5.16. The molecular formula is C16H24N6O2S. The molecule has 8 nitrogen and oxygen atoms in total. The van der Waals surface area contributed by atoms with Gasteiger partial charge in [-0.2, -0.15) is 22.1 Å². The Bertz CT molecular complexity index is 833. The van der Waals surface area contributed by atoms with Crippen LogP contribution in [0, 0.1) is 12.8 Å². The molecular weight excluding hydrogens is 340 g/mol. The average Bonchev–Trinajstić information content (AvgIpc) is 3.02. The van der Waals surface area contributed by atoms with Crippen molar-refractivity contribution < 1.29 is 8.42 Å². The van der Waals surface area contributed by atoms with Crippen LogP contribution in [0.5, 0.6) is 0 Å². The van der Waals surface area contributed by atoms with E-state index in [2.05, 4.69) is 20.2 Å². The van der Waals surface area contributed by atoms with Crippen LogP contribution in [0.25, 0.3) is 11.4 Å². The zero-order valence-electron chi connectivity index (χ0n) is 14.8. The van der Waals surface area contributed by atoms with Crippen molar-refractivity contribution >= 4 is 10.2 Å². The van der Waals surface area contributed by atoms with E-state index >= 15 is 0 Å². The van der Waals surface area contributed by atoms with Gasteiger partial charge in [0.25, 0.3) is 10.2 Å². The smallest absolute Gasteiger partial charge is 0.281 e. The minimum Gasteiger partial charge on any atom is -0.282 e. The molecule has 25 heavy (non-hydrogen) atoms. The third kappa shape index (κ3) is 4.05. The molecule has 1 aliphatic heterocycles. The van der Waals surface area contributed by atoms with Gasteiger partial charge in [-0.3, -0.25) is 5.10 Å². The first-order chi connectivity index (χ1) is 11.9. The molecule has 0 bridgehead atoms. The number of nitrogens with zero attached hydrogens (tertiary/aromatic N) is 5. The lowest BCUT2D eigenvalue weighted by atomic mass is 9.94. The fourth-order valence-electron chi connectivity index (χ4n) is 3.13. The standard InChI is InChI=1S/C16H24N6O2S/c1-12-7-16(20-19-12)15-9-14(17-11-18-15)8-13-5-4-6-22(10-13)25(23,24)21(2)3/h7,9,11,13H,4-6,8,10H2,1-3H3,(H,19,20). The SMILES string of the molecule is Cc1cc(-c2cc(CC3CCCN(S(=O)(=O)N(C)C)C3)ncn2)n[nH]1. The quantitative estimate of drug-likeness (QED) is 0.861. The second kappa shape index (κ2) is 7.19. The summed E-state index contributed by atoms with van der Waals surface area (Å²) >= 11 is 0. The third-order valence-electron chi connectivity index (χ3n) is 4.46. The molecule has 0 radical (unpaired) electrons. The molecule has 3 rings (SSSR count). The van der Waals surface area contributed by atoms with Crippen LogP contribution in [0.1, 0.15) is 24.2 Å². The van der Waals surface area contributed by atoms with Crippen molar-refractivity contribution in [3.63, 3.8) is 0 Å². The van der Waals surface area contributed by atoms with Crippen LogP contribution in [-0.2, 0) is 16.6 Å². The Morgan fingerprint density at radius 3 is 2.76 bits per heavy atom. The molecule has 0 spiro atoms. The molecule has 1 N–H and O–H groups in total. The summed E-state index contributed by atoms with van der Waals surface area (Å²) in [4.78, 5) is 8.65. The molecule has 1 aliphatic rings. The topological polar surface area (TPSA) is 95.1 Å². The predicted molar refractivity (Wildman–Crippen MR) is 95.0 cm³/mol. The van der Waals surface area contributed by atoms with Crippen LogP contribution in [0.4, 0.5) is 0 Å². The van der Waals surface area contributed by atoms with E-state index in [-0.39, 0.29) is 5.92 Å². The fourth-order valence-corrected chi connectivity index (χ4v) is 4.35. The molecule has 1 saturated heterocycles. The van der Waals surface area contributed by atoms with Crippen LogP contribution in [0.15, 0.2) is 18.5 Å². The lowest BCUT2D eigenvalue weighted by Gasteiger charge is -2.33. The Labute approximate surface area is 148 Å². The van der Waals surface area contributed by atoms with Crippen LogP contribution in [-0.4, -0.2) is 64.4 Å². The van der Waals surface area contributed by atoms with E-state index in [1.807, 2.05) is 19.1 Å². The summed E-state index contributed by atoms with van der Waals surface area (Å²) < 4.78 is 27.5. The number of hydrogen-bond acceptors (Lipinski definition) is 5. The molecule has 0 aromatic carbocycles. The molecule has 0 aliphatic carbocycles. The van der Waals surface area contributed by atoms with Gasteiger partial charge in [-0.05, 0) is 44.2 Å². The zero-order valence-corrected chi connectivity index (χ0v) is 15.6. The van der Waals surface area contributed by atoms with Crippen LogP contribution >= 0.6 is 0 Å². The summed E-state index contributed by atoms with van der Waals surface area (Å²) in [6.07, 6.45) is 4.15. The summed E-state index contributed by atoms with van der Waals surface area (Å²) in [5.74, 6) is 0.257. The van der Waals surface area contributed by atoms with Crippen molar-refractivity contribution in [3.05, 3.63) is 29.8 Å². The minimum atomic E-state index is -3.35. The monoisotopic (exact) mass is 364 g/mol. The number of piperidine rings is 1. The summed E-state index contributed by atoms with van der Waals surface area (Å²) in [5, 5.41) is 7.14. The van der Waals surface area contributed by atoms with Crippen LogP contribution < -0.4 is 0 Å². The highest BCUT2D eigenvalue weighted by Crippen LogP contribution is 2.24. The van der Waals surface area contributed by atoms with Gasteiger partial charge in [0.15, 0.2) is 0 Å². The summed E-state index contributed by atoms with van der Waals surface area (Å²) in [7, 11) is -0.212. The second-order valence-corrected chi connectivity index (χ2v) is 8.83. The minimum absolute atomic E-state index is 0.257. The first kappa shape index (κ1) is 18.0. The number of rotatable bonds is 5. The van der Waals surface area contributed by atoms with Crippen molar-refractivity contribution in [2.24, 2.45) is 5.92 Å². The highest BCUT2D eigenvalue weighted by molar-refractivity contribution is 7.86. The van der Waals surface area contributed by atoms with Gasteiger partial charge in [0.05, 0.1) is 5.69 Å².